The van der Waals surface area contributed by atoms with Crippen molar-refractivity contribution in [3.8, 4) is 11.5 Å². The monoisotopic (exact) mass is 788 g/mol. The fourth-order valence-corrected chi connectivity index (χ4v) is 3.93. The third-order valence-corrected chi connectivity index (χ3v) is 6.98. The fourth-order valence-electron chi connectivity index (χ4n) is 3.93. The van der Waals surface area contributed by atoms with Gasteiger partial charge in [0.25, 0.3) is 0 Å². The number of benzene rings is 2. The SMILES string of the molecule is O=C(c1ccccc1)c1ccc(OCCCCC(F)(F)C(F)(F)C(F)(F)C(F)(F)C(F)(F)C(F)(F)C(F)(F)C(F)(F)C(F)(F)C(F)(F)F)cc1O. The van der Waals surface area contributed by atoms with Crippen molar-refractivity contribution in [2.75, 3.05) is 6.61 Å². The Hall–Kier alpha value is -3.76. The van der Waals surface area contributed by atoms with Gasteiger partial charge in [-0.3, -0.25) is 4.79 Å². The van der Waals surface area contributed by atoms with Crippen molar-refractivity contribution < 1.29 is 107 Å². The zero-order valence-electron chi connectivity index (χ0n) is 24.1. The predicted octanol–water partition coefficient (Wildman–Crippen LogP) is 10.5. The number of unbranched alkanes of at least 4 members (excludes halogenated alkanes) is 1. The number of phenols is 1. The van der Waals surface area contributed by atoms with Crippen LogP contribution < -0.4 is 4.74 Å². The molecule has 0 radical (unpaired) electrons. The highest BCUT2D eigenvalue weighted by Crippen LogP contribution is 2.66. The van der Waals surface area contributed by atoms with Crippen molar-refractivity contribution >= 4 is 5.78 Å². The fraction of sp³-hybridized carbons (Fsp3) is 0.519. The van der Waals surface area contributed by atoms with Crippen molar-refractivity contribution in [1.29, 1.82) is 0 Å². The van der Waals surface area contributed by atoms with Crippen LogP contribution in [0.4, 0.5) is 92.2 Å². The van der Waals surface area contributed by atoms with Crippen molar-refractivity contribution in [2.24, 2.45) is 0 Å². The van der Waals surface area contributed by atoms with Crippen LogP contribution in [0.15, 0.2) is 48.5 Å². The van der Waals surface area contributed by atoms with Gasteiger partial charge in [-0.2, -0.15) is 92.2 Å². The maximum absolute atomic E-state index is 14.1. The maximum atomic E-state index is 14.1. The minimum Gasteiger partial charge on any atom is -0.507 e. The zero-order valence-corrected chi connectivity index (χ0v) is 24.1. The van der Waals surface area contributed by atoms with Gasteiger partial charge in [-0.25, -0.2) is 0 Å². The number of rotatable bonds is 16. The van der Waals surface area contributed by atoms with Crippen LogP contribution >= 0.6 is 0 Å². The van der Waals surface area contributed by atoms with E-state index in [4.69, 9.17) is 4.74 Å². The van der Waals surface area contributed by atoms with Gasteiger partial charge >= 0.3 is 59.5 Å². The van der Waals surface area contributed by atoms with E-state index in [1.165, 1.54) is 24.3 Å². The van der Waals surface area contributed by atoms with Crippen molar-refractivity contribution in [1.82, 2.24) is 0 Å². The minimum absolute atomic E-state index is 0.116. The van der Waals surface area contributed by atoms with Crippen LogP contribution in [0.2, 0.25) is 0 Å². The molecule has 0 saturated carbocycles. The number of hydrogen-bond acceptors (Lipinski definition) is 3. The summed E-state index contributed by atoms with van der Waals surface area (Å²) in [4.78, 5) is 12.4. The molecule has 0 atom stereocenters. The Morgan fingerprint density at radius 1 is 0.529 bits per heavy atom. The number of ketones is 1. The molecule has 0 heterocycles. The van der Waals surface area contributed by atoms with Gasteiger partial charge in [-0.05, 0) is 25.0 Å². The summed E-state index contributed by atoms with van der Waals surface area (Å²) in [5.74, 6) is -79.0. The molecule has 0 unspecified atom stereocenters. The van der Waals surface area contributed by atoms with Gasteiger partial charge in [0.05, 0.1) is 12.2 Å². The van der Waals surface area contributed by atoms with Gasteiger partial charge in [-0.1, -0.05) is 30.3 Å². The Morgan fingerprint density at radius 3 is 1.35 bits per heavy atom. The molecular formula is C27H17F21O3. The molecule has 290 valence electrons. The lowest BCUT2D eigenvalue weighted by atomic mass is 9.85. The Labute approximate surface area is 270 Å². The molecule has 0 bridgehead atoms. The van der Waals surface area contributed by atoms with Crippen molar-refractivity contribution in [3.63, 3.8) is 0 Å². The molecule has 0 spiro atoms. The highest BCUT2D eigenvalue weighted by molar-refractivity contribution is 6.10. The summed E-state index contributed by atoms with van der Waals surface area (Å²) in [7, 11) is 0. The Morgan fingerprint density at radius 2 is 0.941 bits per heavy atom. The third-order valence-electron chi connectivity index (χ3n) is 6.98. The number of ether oxygens (including phenoxy) is 1. The van der Waals surface area contributed by atoms with Gasteiger partial charge in [0, 0.05) is 18.1 Å². The van der Waals surface area contributed by atoms with E-state index in [9.17, 15) is 102 Å². The number of aromatic hydroxyl groups is 1. The second-order valence-electron chi connectivity index (χ2n) is 10.5. The highest BCUT2D eigenvalue weighted by atomic mass is 19.4. The molecule has 51 heavy (non-hydrogen) atoms. The van der Waals surface area contributed by atoms with Crippen molar-refractivity contribution in [3.05, 3.63) is 59.7 Å². The number of phenolic OH excluding ortho intramolecular Hbond substituents is 1. The molecule has 1 N–H and O–H groups in total. The first kappa shape index (κ1) is 43.4. The van der Waals surface area contributed by atoms with Gasteiger partial charge in [0.2, 0.25) is 0 Å². The van der Waals surface area contributed by atoms with E-state index in [1.807, 2.05) is 0 Å². The molecule has 2 aromatic carbocycles. The van der Waals surface area contributed by atoms with E-state index < -0.39 is 96.9 Å². The molecule has 0 aliphatic heterocycles. The van der Waals surface area contributed by atoms with Gasteiger partial charge in [0.1, 0.15) is 11.5 Å². The van der Waals surface area contributed by atoms with Gasteiger partial charge < -0.3 is 9.84 Å². The third kappa shape index (κ3) is 6.81. The van der Waals surface area contributed by atoms with E-state index in [0.717, 1.165) is 18.2 Å². The minimum atomic E-state index is -9.21. The predicted molar refractivity (Wildman–Crippen MR) is 128 cm³/mol. The smallest absolute Gasteiger partial charge is 0.460 e. The number of hydrogen-bond donors (Lipinski definition) is 1. The number of carbonyl (C=O) groups excluding carboxylic acids is 1. The Kier molecular flexibility index (Phi) is 11.3. The first-order valence-corrected chi connectivity index (χ1v) is 13.1. The van der Waals surface area contributed by atoms with Crippen molar-refractivity contribution in [2.45, 2.75) is 78.7 Å². The number of halogens is 21. The normalized spacial score (nSPS) is 14.8. The Balaban J connectivity index is 2.24. The molecule has 0 aliphatic rings. The van der Waals surface area contributed by atoms with Crippen LogP contribution in [0.25, 0.3) is 0 Å². The average molecular weight is 788 g/mol. The lowest BCUT2D eigenvalue weighted by molar-refractivity contribution is -0.474. The van der Waals surface area contributed by atoms with E-state index >= 15 is 0 Å². The van der Waals surface area contributed by atoms with Gasteiger partial charge in [0.15, 0.2) is 5.78 Å². The molecule has 0 aliphatic carbocycles. The van der Waals surface area contributed by atoms with E-state index in [0.29, 0.717) is 0 Å². The first-order valence-electron chi connectivity index (χ1n) is 13.1. The summed E-state index contributed by atoms with van der Waals surface area (Å²) in [6.45, 7) is -0.865. The zero-order chi connectivity index (χ0) is 40.1. The Bertz CT molecular complexity index is 1530. The molecule has 0 aromatic heterocycles. The lowest BCUT2D eigenvalue weighted by Gasteiger charge is -2.44. The topological polar surface area (TPSA) is 46.5 Å². The van der Waals surface area contributed by atoms with E-state index in [2.05, 4.69) is 0 Å². The summed E-state index contributed by atoms with van der Waals surface area (Å²) < 4.78 is 288. The second kappa shape index (κ2) is 13.3. The molecule has 24 heteroatoms. The van der Waals surface area contributed by atoms with Crippen LogP contribution in [-0.4, -0.2) is 77.0 Å². The largest absolute Gasteiger partial charge is 0.507 e. The summed E-state index contributed by atoms with van der Waals surface area (Å²) in [6.07, 6.45) is -13.2. The summed E-state index contributed by atoms with van der Waals surface area (Å²) in [6, 6.07) is 10.0. The molecule has 3 nitrogen and oxygen atoms in total. The second-order valence-corrected chi connectivity index (χ2v) is 10.5. The van der Waals surface area contributed by atoms with Crippen LogP contribution in [0, 0.1) is 0 Å². The maximum Gasteiger partial charge on any atom is 0.460 e. The van der Waals surface area contributed by atoms with Crippen LogP contribution in [-0.2, 0) is 0 Å². The molecule has 0 amide bonds. The first-order chi connectivity index (χ1) is 22.6. The van der Waals surface area contributed by atoms with E-state index in [-0.39, 0.29) is 16.9 Å². The number of carbonyl (C=O) groups is 1. The summed E-state index contributed by atoms with van der Waals surface area (Å²) in [5, 5.41) is 10.1. The molecular weight excluding hydrogens is 771 g/mol. The average Bonchev–Trinajstić information content (AvgIpc) is 2.99. The number of alkyl halides is 21. The van der Waals surface area contributed by atoms with Crippen LogP contribution in [0.1, 0.15) is 35.2 Å². The standard InChI is InChI=1S/C27H17F21O3/c28-18(29,10-4-5-11-51-14-8-9-15(16(49)12-14)17(50)13-6-2-1-3-7-13)19(30,31)20(32,33)21(34,35)22(36,37)23(38,39)24(40,41)25(42,43)26(44,45)27(46,47)48/h1-3,6-9,12,49H,4-5,10-11H2. The summed E-state index contributed by atoms with van der Waals surface area (Å²) >= 11 is 0. The van der Waals surface area contributed by atoms with Crippen LogP contribution in [0.3, 0.4) is 0 Å². The molecule has 0 fully saturated rings. The molecule has 2 aromatic rings. The quantitative estimate of drug-likeness (QED) is 0.105. The van der Waals surface area contributed by atoms with E-state index in [1.54, 1.807) is 6.07 Å². The van der Waals surface area contributed by atoms with Gasteiger partial charge in [-0.15, -0.1) is 0 Å². The molecule has 0 saturated heterocycles. The highest BCUT2D eigenvalue weighted by Gasteiger charge is 2.97. The molecule has 2 rings (SSSR count). The summed E-state index contributed by atoms with van der Waals surface area (Å²) in [5.41, 5.74) is -0.168. The lowest BCUT2D eigenvalue weighted by Crippen LogP contribution is -2.76. The van der Waals surface area contributed by atoms with Crippen LogP contribution in [0.5, 0.6) is 11.5 Å².